The molecular weight excluding hydrogens is 302 g/mol. The Hall–Kier alpha value is -0.550. The summed E-state index contributed by atoms with van der Waals surface area (Å²) in [5, 5.41) is 0. The van der Waals surface area contributed by atoms with E-state index >= 15 is 0 Å². The largest absolute Gasteiger partial charge is 0.398 e. The van der Waals surface area contributed by atoms with E-state index in [-0.39, 0.29) is 11.5 Å². The maximum atomic E-state index is 11.9. The Morgan fingerprint density at radius 1 is 1.29 bits per heavy atom. The maximum Gasteiger partial charge on any atom is 0.154 e. The monoisotopic (exact) mass is 319 g/mol. The smallest absolute Gasteiger partial charge is 0.154 e. The van der Waals surface area contributed by atoms with E-state index in [0.717, 1.165) is 24.8 Å². The van der Waals surface area contributed by atoms with Crippen molar-refractivity contribution < 1.29 is 8.42 Å². The number of hydrogen-bond donors (Lipinski definition) is 1. The van der Waals surface area contributed by atoms with Gasteiger partial charge in [-0.25, -0.2) is 8.42 Å². The lowest BCUT2D eigenvalue weighted by Crippen LogP contribution is -2.10. The molecule has 96 valence electrons. The van der Waals surface area contributed by atoms with Crippen molar-refractivity contribution in [2.24, 2.45) is 0 Å². The summed E-state index contributed by atoms with van der Waals surface area (Å²) in [4.78, 5) is 0. The van der Waals surface area contributed by atoms with E-state index in [9.17, 15) is 8.42 Å². The van der Waals surface area contributed by atoms with Gasteiger partial charge in [-0.1, -0.05) is 31.9 Å². The number of nitrogen functional groups attached to an aromatic ring is 1. The predicted octanol–water partition coefficient (Wildman–Crippen LogP) is 3.14. The fourth-order valence-corrected chi connectivity index (χ4v) is 3.68. The van der Waals surface area contributed by atoms with Gasteiger partial charge in [-0.3, -0.25) is 0 Å². The van der Waals surface area contributed by atoms with Crippen molar-refractivity contribution in [3.63, 3.8) is 0 Å². The first-order valence-electron chi connectivity index (χ1n) is 5.69. The lowest BCUT2D eigenvalue weighted by atomic mass is 10.2. The van der Waals surface area contributed by atoms with E-state index in [2.05, 4.69) is 22.9 Å². The summed E-state index contributed by atoms with van der Waals surface area (Å²) in [6.07, 6.45) is 2.72. The summed E-state index contributed by atoms with van der Waals surface area (Å²) < 4.78 is 24.4. The van der Waals surface area contributed by atoms with Crippen LogP contribution in [0.3, 0.4) is 0 Å². The minimum atomic E-state index is -3.03. The first-order chi connectivity index (χ1) is 7.96. The minimum Gasteiger partial charge on any atom is -0.398 e. The molecule has 0 spiro atoms. The lowest BCUT2D eigenvalue weighted by Gasteiger charge is -2.08. The first-order valence-corrected chi connectivity index (χ1v) is 8.31. The first kappa shape index (κ1) is 14.5. The molecule has 0 heterocycles. The fourth-order valence-electron chi connectivity index (χ4n) is 1.59. The number of benzene rings is 1. The molecule has 0 amide bonds. The van der Waals surface area contributed by atoms with Crippen molar-refractivity contribution in [2.45, 2.75) is 31.9 Å². The maximum absolute atomic E-state index is 11.9. The molecule has 17 heavy (non-hydrogen) atoms. The van der Waals surface area contributed by atoms with Crippen molar-refractivity contribution in [1.82, 2.24) is 0 Å². The Morgan fingerprint density at radius 3 is 2.65 bits per heavy atom. The van der Waals surface area contributed by atoms with Crippen molar-refractivity contribution in [1.29, 1.82) is 0 Å². The molecule has 0 bridgehead atoms. The van der Waals surface area contributed by atoms with Gasteiger partial charge < -0.3 is 5.73 Å². The van der Waals surface area contributed by atoms with Gasteiger partial charge in [0.25, 0.3) is 0 Å². The fraction of sp³-hybridized carbons (Fsp3) is 0.500. The van der Waals surface area contributed by atoms with Crippen LogP contribution in [0.4, 0.5) is 5.69 Å². The van der Waals surface area contributed by atoms with E-state index in [1.54, 1.807) is 18.2 Å². The topological polar surface area (TPSA) is 60.2 Å². The van der Waals surface area contributed by atoms with Crippen molar-refractivity contribution in [3.05, 3.63) is 28.2 Å². The third-order valence-corrected chi connectivity index (χ3v) is 5.17. The van der Waals surface area contributed by atoms with Crippen LogP contribution in [-0.2, 0) is 15.6 Å². The van der Waals surface area contributed by atoms with Crippen LogP contribution in [0, 0.1) is 0 Å². The standard InChI is InChI=1S/C12H18BrNO2S/c1-2-3-4-8-17(15,16)9-10-6-5-7-11(14)12(10)13/h5-7H,2-4,8-9,14H2,1H3. The second-order valence-electron chi connectivity index (χ2n) is 4.12. The summed E-state index contributed by atoms with van der Waals surface area (Å²) in [5.74, 6) is 0.310. The molecule has 0 unspecified atom stereocenters. The summed E-state index contributed by atoms with van der Waals surface area (Å²) in [5.41, 5.74) is 7.03. The number of nitrogens with two attached hydrogens (primary N) is 1. The molecule has 0 radical (unpaired) electrons. The van der Waals surface area contributed by atoms with Gasteiger partial charge in [-0.2, -0.15) is 0 Å². The molecule has 1 aromatic carbocycles. The summed E-state index contributed by atoms with van der Waals surface area (Å²) in [7, 11) is -3.03. The van der Waals surface area contributed by atoms with Crippen LogP contribution in [0.2, 0.25) is 0 Å². The number of hydrogen-bond acceptors (Lipinski definition) is 3. The Morgan fingerprint density at radius 2 is 2.00 bits per heavy atom. The molecule has 5 heteroatoms. The highest BCUT2D eigenvalue weighted by atomic mass is 79.9. The SMILES string of the molecule is CCCCCS(=O)(=O)Cc1cccc(N)c1Br. The van der Waals surface area contributed by atoms with Crippen LogP contribution in [0.5, 0.6) is 0 Å². The molecular formula is C12H18BrNO2S. The van der Waals surface area contributed by atoms with Gasteiger partial charge in [0.1, 0.15) is 0 Å². The molecule has 1 aromatic rings. The Kier molecular flexibility index (Phi) is 5.46. The highest BCUT2D eigenvalue weighted by Gasteiger charge is 2.14. The highest BCUT2D eigenvalue weighted by molar-refractivity contribution is 9.10. The summed E-state index contributed by atoms with van der Waals surface area (Å²) >= 11 is 3.33. The minimum absolute atomic E-state index is 0.0579. The van der Waals surface area contributed by atoms with E-state index in [1.807, 2.05) is 0 Å². The van der Waals surface area contributed by atoms with Gasteiger partial charge in [0, 0.05) is 10.2 Å². The van der Waals surface area contributed by atoms with Crippen LogP contribution in [0.1, 0.15) is 31.7 Å². The summed E-state index contributed by atoms with van der Waals surface area (Å²) in [6.45, 7) is 2.06. The van der Waals surface area contributed by atoms with Crippen LogP contribution >= 0.6 is 15.9 Å². The van der Waals surface area contributed by atoms with E-state index in [4.69, 9.17) is 5.73 Å². The Labute approximate surface area is 111 Å². The van der Waals surface area contributed by atoms with Crippen molar-refractivity contribution in [3.8, 4) is 0 Å². The molecule has 0 atom stereocenters. The van der Waals surface area contributed by atoms with E-state index in [0.29, 0.717) is 10.2 Å². The quantitative estimate of drug-likeness (QED) is 0.647. The molecule has 0 aliphatic heterocycles. The number of rotatable bonds is 6. The van der Waals surface area contributed by atoms with Crippen LogP contribution < -0.4 is 5.73 Å². The predicted molar refractivity (Wildman–Crippen MR) is 75.6 cm³/mol. The van der Waals surface area contributed by atoms with Crippen molar-refractivity contribution in [2.75, 3.05) is 11.5 Å². The van der Waals surface area contributed by atoms with Crippen LogP contribution in [0.25, 0.3) is 0 Å². The van der Waals surface area contributed by atoms with Crippen LogP contribution in [-0.4, -0.2) is 14.2 Å². The molecule has 0 aliphatic carbocycles. The number of anilines is 1. The average molecular weight is 320 g/mol. The number of halogens is 1. The second kappa shape index (κ2) is 6.40. The molecule has 2 N–H and O–H groups in total. The zero-order valence-corrected chi connectivity index (χ0v) is 12.4. The van der Waals surface area contributed by atoms with E-state index < -0.39 is 9.84 Å². The third-order valence-electron chi connectivity index (χ3n) is 2.54. The van der Waals surface area contributed by atoms with Gasteiger partial charge in [0.2, 0.25) is 0 Å². The molecule has 0 aliphatic rings. The average Bonchev–Trinajstić information content (AvgIpc) is 2.25. The van der Waals surface area contributed by atoms with Gasteiger partial charge in [0.15, 0.2) is 9.84 Å². The van der Waals surface area contributed by atoms with Gasteiger partial charge in [-0.05, 0) is 34.0 Å². The zero-order valence-electron chi connectivity index (χ0n) is 9.95. The third kappa shape index (κ3) is 4.68. The Bertz CT molecular complexity index is 471. The molecule has 0 fully saturated rings. The van der Waals surface area contributed by atoms with Gasteiger partial charge in [0.05, 0.1) is 11.5 Å². The Balaban J connectivity index is 2.73. The molecule has 0 aromatic heterocycles. The van der Waals surface area contributed by atoms with Gasteiger partial charge in [-0.15, -0.1) is 0 Å². The lowest BCUT2D eigenvalue weighted by molar-refractivity contribution is 0.590. The highest BCUT2D eigenvalue weighted by Crippen LogP contribution is 2.25. The summed E-state index contributed by atoms with van der Waals surface area (Å²) in [6, 6.07) is 5.31. The molecule has 0 saturated carbocycles. The van der Waals surface area contributed by atoms with E-state index in [1.165, 1.54) is 0 Å². The van der Waals surface area contributed by atoms with Crippen LogP contribution in [0.15, 0.2) is 22.7 Å². The normalized spacial score (nSPS) is 11.6. The molecule has 1 rings (SSSR count). The second-order valence-corrected chi connectivity index (χ2v) is 7.10. The van der Waals surface area contributed by atoms with Gasteiger partial charge >= 0.3 is 0 Å². The molecule has 3 nitrogen and oxygen atoms in total. The van der Waals surface area contributed by atoms with Crippen molar-refractivity contribution >= 4 is 31.5 Å². The zero-order chi connectivity index (χ0) is 12.9. The molecule has 0 saturated heterocycles. The number of sulfone groups is 1. The number of unbranched alkanes of at least 4 members (excludes halogenated alkanes) is 2.